The lowest BCUT2D eigenvalue weighted by Gasteiger charge is -2.40. The molecule has 0 aromatic heterocycles. The van der Waals surface area contributed by atoms with Gasteiger partial charge in [0.2, 0.25) is 0 Å². The molecule has 9 nitrogen and oxygen atoms in total. The lowest BCUT2D eigenvalue weighted by atomic mass is 9.90. The van der Waals surface area contributed by atoms with Gasteiger partial charge in [0.15, 0.2) is 0 Å². The Morgan fingerprint density at radius 2 is 0.741 bits per heavy atom. The van der Waals surface area contributed by atoms with Gasteiger partial charge in [0, 0.05) is 0 Å². The lowest BCUT2D eigenvalue weighted by Crippen LogP contribution is -2.65. The first-order chi connectivity index (χ1) is 12.6. The molecule has 2 rings (SSSR count). The molecule has 0 N–H and O–H groups in total. The van der Waals surface area contributed by atoms with Gasteiger partial charge in [0.25, 0.3) is 0 Å². The van der Waals surface area contributed by atoms with Crippen LogP contribution in [0.25, 0.3) is 0 Å². The molecule has 0 saturated carbocycles. The van der Waals surface area contributed by atoms with Crippen molar-refractivity contribution in [1.82, 2.24) is 0 Å². The molecule has 2 fully saturated rings. The van der Waals surface area contributed by atoms with Gasteiger partial charge in [-0.1, -0.05) is 0 Å². The average molecular weight is 388 g/mol. The molecule has 2 aliphatic rings. The van der Waals surface area contributed by atoms with E-state index in [2.05, 4.69) is 78.5 Å². The van der Waals surface area contributed by atoms with Crippen molar-refractivity contribution in [3.8, 4) is 0 Å². The van der Waals surface area contributed by atoms with Crippen molar-refractivity contribution in [1.29, 1.82) is 0 Å². The average Bonchev–Trinajstić information content (AvgIpc) is 2.66. The zero-order chi connectivity index (χ0) is 21.1. The Kier molecular flexibility index (Phi) is 13.1. The Bertz CT molecular complexity index is 324. The van der Waals surface area contributed by atoms with Gasteiger partial charge in [-0.2, -0.15) is 0 Å². The molecular formula is C14H36B4N2O7. The van der Waals surface area contributed by atoms with E-state index < -0.39 is 29.3 Å². The Morgan fingerprint density at radius 3 is 0.889 bits per heavy atom. The smallest absolute Gasteiger partial charge is 0.597 e. The summed E-state index contributed by atoms with van der Waals surface area (Å²) < 4.78 is 24.3. The van der Waals surface area contributed by atoms with Gasteiger partial charge in [-0.05, 0) is 41.5 Å². The number of hydrogen-bond acceptors (Lipinski definition) is 7. The molecule has 0 aliphatic carbocycles. The highest BCUT2D eigenvalue weighted by Crippen LogP contribution is 2.12. The van der Waals surface area contributed by atoms with E-state index in [9.17, 15) is 10.0 Å². The number of quaternary nitrogens is 2. The summed E-state index contributed by atoms with van der Waals surface area (Å²) in [5.74, 6) is 0. The molecule has 0 aromatic rings. The summed E-state index contributed by atoms with van der Waals surface area (Å²) in [6.45, 7) is 21.0. The van der Waals surface area contributed by atoms with E-state index in [-0.39, 0.29) is 0 Å². The van der Waals surface area contributed by atoms with E-state index >= 15 is 0 Å². The molecule has 27 heavy (non-hydrogen) atoms. The molecule has 0 aromatic carbocycles. The molecule has 0 amide bonds. The third-order valence-corrected chi connectivity index (χ3v) is 5.69. The van der Waals surface area contributed by atoms with Crippen LogP contribution in [0.3, 0.4) is 0 Å². The van der Waals surface area contributed by atoms with Crippen molar-refractivity contribution >= 4 is 29.3 Å². The SMILES string of the molecule is CC[N+](C)(CC)CC.CC[N+](C)(CC)CC.[O-]B1OB2OB([O-])OB(O1)O2. The maximum absolute atomic E-state index is 10.5. The second-order valence-electron chi connectivity index (χ2n) is 6.97. The van der Waals surface area contributed by atoms with Crippen LogP contribution in [-0.4, -0.2) is 91.6 Å². The van der Waals surface area contributed by atoms with Crippen LogP contribution < -0.4 is 10.0 Å². The normalized spacial score (nSPS) is 17.1. The summed E-state index contributed by atoms with van der Waals surface area (Å²) in [5, 5.41) is 21.0. The second kappa shape index (κ2) is 13.2. The highest BCUT2D eigenvalue weighted by Gasteiger charge is 2.44. The van der Waals surface area contributed by atoms with Gasteiger partial charge in [0.05, 0.1) is 53.4 Å². The summed E-state index contributed by atoms with van der Waals surface area (Å²) >= 11 is 0. The minimum Gasteiger partial charge on any atom is -0.833 e. The first kappa shape index (κ1) is 26.9. The number of nitrogens with zero attached hydrogens (tertiary/aromatic N) is 2. The van der Waals surface area contributed by atoms with Crippen LogP contribution in [-0.2, 0) is 22.9 Å². The van der Waals surface area contributed by atoms with Crippen molar-refractivity contribution in [2.75, 3.05) is 53.4 Å². The Balaban J connectivity index is 0.000000387. The first-order valence-electron chi connectivity index (χ1n) is 9.86. The topological polar surface area (TPSA) is 92.3 Å². The summed E-state index contributed by atoms with van der Waals surface area (Å²) in [4.78, 5) is 0. The standard InChI is InChI=1S/2C7H18N.B4O7/c2*1-5-8(4,6-2)7-3;5-1-7-3-9-2(6)10-4(8-1)11-3/h2*5-7H2,1-4H3;/q2*+1;-2. The number of hydrogen-bond donors (Lipinski definition) is 0. The lowest BCUT2D eigenvalue weighted by molar-refractivity contribution is -0.904. The van der Waals surface area contributed by atoms with Gasteiger partial charge in [0.1, 0.15) is 0 Å². The predicted molar refractivity (Wildman–Crippen MR) is 104 cm³/mol. The quantitative estimate of drug-likeness (QED) is 0.415. The molecule has 2 bridgehead atoms. The monoisotopic (exact) mass is 388 g/mol. The van der Waals surface area contributed by atoms with Crippen molar-refractivity contribution in [2.24, 2.45) is 0 Å². The van der Waals surface area contributed by atoms with E-state index in [0.717, 1.165) is 0 Å². The minimum atomic E-state index is -1.73. The summed E-state index contributed by atoms with van der Waals surface area (Å²) in [7, 11) is -1.42. The van der Waals surface area contributed by atoms with Crippen LogP contribution in [0.1, 0.15) is 41.5 Å². The molecule has 0 spiro atoms. The summed E-state index contributed by atoms with van der Waals surface area (Å²) in [5.41, 5.74) is 0. The molecule has 0 atom stereocenters. The van der Waals surface area contributed by atoms with Crippen LogP contribution in [0, 0.1) is 0 Å². The van der Waals surface area contributed by atoms with Crippen LogP contribution in [0.15, 0.2) is 0 Å². The van der Waals surface area contributed by atoms with Gasteiger partial charge in [-0.15, -0.1) is 0 Å². The molecule has 2 heterocycles. The highest BCUT2D eigenvalue weighted by molar-refractivity contribution is 6.73. The largest absolute Gasteiger partial charge is 0.833 e. The van der Waals surface area contributed by atoms with Crippen LogP contribution in [0.2, 0.25) is 0 Å². The first-order valence-corrected chi connectivity index (χ1v) is 9.86. The van der Waals surface area contributed by atoms with E-state index in [1.165, 1.54) is 48.2 Å². The Hall–Kier alpha value is -0.100. The van der Waals surface area contributed by atoms with E-state index in [4.69, 9.17) is 0 Å². The molecule has 0 unspecified atom stereocenters. The zero-order valence-electron chi connectivity index (χ0n) is 18.3. The maximum Gasteiger partial charge on any atom is 0.597 e. The van der Waals surface area contributed by atoms with E-state index in [1.807, 2.05) is 0 Å². The van der Waals surface area contributed by atoms with Crippen molar-refractivity contribution in [3.05, 3.63) is 0 Å². The van der Waals surface area contributed by atoms with Crippen LogP contribution in [0.5, 0.6) is 0 Å². The summed E-state index contributed by atoms with van der Waals surface area (Å²) in [6, 6.07) is 0. The number of fused-ring (bicyclic) bond motifs is 2. The maximum atomic E-state index is 10.5. The van der Waals surface area contributed by atoms with Gasteiger partial charge >= 0.3 is 29.3 Å². The molecule has 2 saturated heterocycles. The van der Waals surface area contributed by atoms with Gasteiger partial charge < -0.3 is 41.9 Å². The predicted octanol–water partition coefficient (Wildman–Crippen LogP) is -1.26. The molecule has 0 radical (unpaired) electrons. The zero-order valence-corrected chi connectivity index (χ0v) is 18.3. The fraction of sp³-hybridized carbons (Fsp3) is 1.00. The van der Waals surface area contributed by atoms with Crippen LogP contribution >= 0.6 is 0 Å². The summed E-state index contributed by atoms with van der Waals surface area (Å²) in [6.07, 6.45) is 0. The third-order valence-electron chi connectivity index (χ3n) is 5.69. The van der Waals surface area contributed by atoms with E-state index in [0.29, 0.717) is 0 Å². The minimum absolute atomic E-state index is 1.21. The number of rotatable bonds is 6. The third kappa shape index (κ3) is 10.3. The van der Waals surface area contributed by atoms with Crippen LogP contribution in [0.4, 0.5) is 0 Å². The molecule has 13 heteroatoms. The Morgan fingerprint density at radius 1 is 0.519 bits per heavy atom. The fourth-order valence-electron chi connectivity index (χ4n) is 2.05. The molecule has 156 valence electrons. The highest BCUT2D eigenvalue weighted by atomic mass is 16.9. The van der Waals surface area contributed by atoms with E-state index in [1.54, 1.807) is 0 Å². The molecule has 2 aliphatic heterocycles. The fourth-order valence-corrected chi connectivity index (χ4v) is 2.05. The Labute approximate surface area is 166 Å². The second-order valence-corrected chi connectivity index (χ2v) is 6.97. The van der Waals surface area contributed by atoms with Crippen molar-refractivity contribution < 1.29 is 41.9 Å². The van der Waals surface area contributed by atoms with Crippen molar-refractivity contribution in [3.63, 3.8) is 0 Å². The van der Waals surface area contributed by atoms with Gasteiger partial charge in [-0.3, -0.25) is 0 Å². The molecular weight excluding hydrogens is 351 g/mol. The van der Waals surface area contributed by atoms with Gasteiger partial charge in [-0.25, -0.2) is 0 Å². The van der Waals surface area contributed by atoms with Crippen molar-refractivity contribution in [2.45, 2.75) is 41.5 Å².